The summed E-state index contributed by atoms with van der Waals surface area (Å²) in [6.07, 6.45) is 56.3. The highest BCUT2D eigenvalue weighted by Gasteiger charge is 2.19. The first-order valence-electron chi connectivity index (χ1n) is 24.3. The standard InChI is InChI=1S/C52H90O6/c1-4-7-10-13-16-19-22-25-26-28-30-33-36-39-42-45-51(54)57-48-49(47-56-50(53)44-41-38-35-32-29-24-21-18-15-12-9-6-3)58-52(55)46-43-40-37-34-31-27-23-20-17-14-11-8-5-2/h7,10,13,16,18-19,21-22,27,31,49H,4-6,8-9,11-12,14-15,17,20,23-26,28-30,32-48H2,1-3H3/b10-7-,16-13-,21-18-,22-19-,31-27-. The van der Waals surface area contributed by atoms with E-state index in [0.717, 1.165) is 89.9 Å². The van der Waals surface area contributed by atoms with Crippen LogP contribution in [-0.2, 0) is 28.6 Å². The third kappa shape index (κ3) is 44.2. The van der Waals surface area contributed by atoms with Gasteiger partial charge in [-0.1, -0.05) is 184 Å². The van der Waals surface area contributed by atoms with Crippen LogP contribution in [0.5, 0.6) is 0 Å². The molecule has 0 bridgehead atoms. The van der Waals surface area contributed by atoms with Gasteiger partial charge in [0.2, 0.25) is 0 Å². The van der Waals surface area contributed by atoms with Crippen LogP contribution in [0.25, 0.3) is 0 Å². The zero-order valence-corrected chi connectivity index (χ0v) is 38.0. The van der Waals surface area contributed by atoms with Gasteiger partial charge in [0, 0.05) is 19.3 Å². The van der Waals surface area contributed by atoms with Gasteiger partial charge < -0.3 is 14.2 Å². The molecule has 334 valence electrons. The van der Waals surface area contributed by atoms with Crippen LogP contribution in [-0.4, -0.2) is 37.2 Å². The Labute approximate surface area is 358 Å². The second kappa shape index (κ2) is 46.8. The fourth-order valence-electron chi connectivity index (χ4n) is 6.61. The summed E-state index contributed by atoms with van der Waals surface area (Å²) in [5.41, 5.74) is 0. The zero-order valence-electron chi connectivity index (χ0n) is 38.0. The van der Waals surface area contributed by atoms with Crippen LogP contribution in [0, 0.1) is 0 Å². The van der Waals surface area contributed by atoms with Crippen molar-refractivity contribution in [1.82, 2.24) is 0 Å². The molecular formula is C52H90O6. The Balaban J connectivity index is 4.42. The summed E-state index contributed by atoms with van der Waals surface area (Å²) in [7, 11) is 0. The third-order valence-electron chi connectivity index (χ3n) is 10.3. The highest BCUT2D eigenvalue weighted by atomic mass is 16.6. The van der Waals surface area contributed by atoms with Gasteiger partial charge in [-0.15, -0.1) is 0 Å². The summed E-state index contributed by atoms with van der Waals surface area (Å²) in [5.74, 6) is -0.926. The molecule has 0 aliphatic heterocycles. The quantitative estimate of drug-likeness (QED) is 0.0201. The minimum Gasteiger partial charge on any atom is -0.462 e. The lowest BCUT2D eigenvalue weighted by Crippen LogP contribution is -2.30. The molecule has 0 saturated carbocycles. The van der Waals surface area contributed by atoms with Crippen molar-refractivity contribution in [3.05, 3.63) is 60.8 Å². The molecule has 6 heteroatoms. The van der Waals surface area contributed by atoms with E-state index in [4.69, 9.17) is 14.2 Å². The number of unbranched alkanes of at least 4 members (excludes halogenated alkanes) is 24. The van der Waals surface area contributed by atoms with Gasteiger partial charge in [-0.2, -0.15) is 0 Å². The smallest absolute Gasteiger partial charge is 0.306 e. The lowest BCUT2D eigenvalue weighted by molar-refractivity contribution is -0.167. The predicted molar refractivity (Wildman–Crippen MR) is 247 cm³/mol. The number of carbonyl (C=O) groups is 3. The second-order valence-electron chi connectivity index (χ2n) is 16.0. The summed E-state index contributed by atoms with van der Waals surface area (Å²) < 4.78 is 16.7. The van der Waals surface area contributed by atoms with E-state index in [9.17, 15) is 14.4 Å². The average Bonchev–Trinajstić information content (AvgIpc) is 3.22. The summed E-state index contributed by atoms with van der Waals surface area (Å²) in [5, 5.41) is 0. The number of esters is 3. The number of ether oxygens (including phenoxy) is 3. The van der Waals surface area contributed by atoms with Crippen molar-refractivity contribution in [3.8, 4) is 0 Å². The first kappa shape index (κ1) is 55.1. The molecule has 0 saturated heterocycles. The lowest BCUT2D eigenvalue weighted by Gasteiger charge is -2.18. The van der Waals surface area contributed by atoms with Crippen LogP contribution >= 0.6 is 0 Å². The molecule has 0 aromatic heterocycles. The number of rotatable bonds is 43. The average molecular weight is 811 g/mol. The maximum Gasteiger partial charge on any atom is 0.306 e. The van der Waals surface area contributed by atoms with Crippen molar-refractivity contribution < 1.29 is 28.6 Å². The minimum absolute atomic E-state index is 0.0887. The molecule has 6 nitrogen and oxygen atoms in total. The molecule has 58 heavy (non-hydrogen) atoms. The van der Waals surface area contributed by atoms with Crippen molar-refractivity contribution >= 4 is 17.9 Å². The molecule has 0 aliphatic rings. The molecule has 0 aromatic carbocycles. The Bertz CT molecular complexity index is 1070. The Hall–Kier alpha value is -2.89. The van der Waals surface area contributed by atoms with Crippen LogP contribution in [0.4, 0.5) is 0 Å². The van der Waals surface area contributed by atoms with Crippen LogP contribution in [0.1, 0.15) is 233 Å². The first-order valence-corrected chi connectivity index (χ1v) is 24.3. The highest BCUT2D eigenvalue weighted by molar-refractivity contribution is 5.71. The highest BCUT2D eigenvalue weighted by Crippen LogP contribution is 2.14. The Morgan fingerprint density at radius 1 is 0.362 bits per heavy atom. The Morgan fingerprint density at radius 2 is 0.690 bits per heavy atom. The third-order valence-corrected chi connectivity index (χ3v) is 10.3. The van der Waals surface area contributed by atoms with Crippen LogP contribution in [0.2, 0.25) is 0 Å². The van der Waals surface area contributed by atoms with E-state index in [1.165, 1.54) is 103 Å². The topological polar surface area (TPSA) is 78.9 Å². The van der Waals surface area contributed by atoms with Crippen molar-refractivity contribution in [1.29, 1.82) is 0 Å². The van der Waals surface area contributed by atoms with E-state index in [1.54, 1.807) is 0 Å². The second-order valence-corrected chi connectivity index (χ2v) is 16.0. The molecule has 1 atom stereocenters. The van der Waals surface area contributed by atoms with E-state index >= 15 is 0 Å². The molecule has 0 fully saturated rings. The van der Waals surface area contributed by atoms with Gasteiger partial charge >= 0.3 is 17.9 Å². The fraction of sp³-hybridized carbons (Fsp3) is 0.750. The number of hydrogen-bond donors (Lipinski definition) is 0. The van der Waals surface area contributed by atoms with E-state index in [1.807, 2.05) is 0 Å². The summed E-state index contributed by atoms with van der Waals surface area (Å²) in [6, 6.07) is 0. The fourth-order valence-corrected chi connectivity index (χ4v) is 6.61. The van der Waals surface area contributed by atoms with Crippen LogP contribution < -0.4 is 0 Å². The summed E-state index contributed by atoms with van der Waals surface area (Å²) in [4.78, 5) is 37.8. The van der Waals surface area contributed by atoms with Gasteiger partial charge in [-0.25, -0.2) is 0 Å². The molecule has 0 aromatic rings. The summed E-state index contributed by atoms with van der Waals surface area (Å²) in [6.45, 7) is 6.44. The van der Waals surface area contributed by atoms with E-state index in [0.29, 0.717) is 19.3 Å². The van der Waals surface area contributed by atoms with Gasteiger partial charge in [0.05, 0.1) is 0 Å². The van der Waals surface area contributed by atoms with Gasteiger partial charge in [0.25, 0.3) is 0 Å². The van der Waals surface area contributed by atoms with Crippen molar-refractivity contribution in [3.63, 3.8) is 0 Å². The predicted octanol–water partition coefficient (Wildman–Crippen LogP) is 15.7. The number of hydrogen-bond acceptors (Lipinski definition) is 6. The Kier molecular flexibility index (Phi) is 44.5. The van der Waals surface area contributed by atoms with Gasteiger partial charge in [0.1, 0.15) is 13.2 Å². The number of carbonyl (C=O) groups excluding carboxylic acids is 3. The Morgan fingerprint density at radius 3 is 1.14 bits per heavy atom. The lowest BCUT2D eigenvalue weighted by atomic mass is 10.1. The monoisotopic (exact) mass is 811 g/mol. The normalized spacial score (nSPS) is 12.5. The van der Waals surface area contributed by atoms with Crippen molar-refractivity contribution in [2.45, 2.75) is 239 Å². The maximum absolute atomic E-state index is 12.7. The molecule has 0 heterocycles. The van der Waals surface area contributed by atoms with Crippen LogP contribution in [0.15, 0.2) is 60.8 Å². The first-order chi connectivity index (χ1) is 28.5. The molecule has 0 aliphatic carbocycles. The van der Waals surface area contributed by atoms with Gasteiger partial charge in [0.15, 0.2) is 6.10 Å². The molecule has 0 amide bonds. The summed E-state index contributed by atoms with van der Waals surface area (Å²) >= 11 is 0. The maximum atomic E-state index is 12.7. The van der Waals surface area contributed by atoms with Gasteiger partial charge in [-0.3, -0.25) is 14.4 Å². The number of allylic oxidation sites excluding steroid dienone is 10. The SMILES string of the molecule is CC\C=C/C=C\C=C/CCCCCCCCCC(=O)OCC(COC(=O)CCCCCCC/C=C\CCCCC)OC(=O)CCCCC/C=C\CCCCCCCC. The van der Waals surface area contributed by atoms with Crippen LogP contribution in [0.3, 0.4) is 0 Å². The zero-order chi connectivity index (χ0) is 42.3. The van der Waals surface area contributed by atoms with E-state index in [2.05, 4.69) is 81.5 Å². The molecular weight excluding hydrogens is 721 g/mol. The molecule has 0 radical (unpaired) electrons. The van der Waals surface area contributed by atoms with Gasteiger partial charge in [-0.05, 0) is 89.9 Å². The molecule has 0 spiro atoms. The van der Waals surface area contributed by atoms with Crippen molar-refractivity contribution in [2.24, 2.45) is 0 Å². The van der Waals surface area contributed by atoms with Crippen molar-refractivity contribution in [2.75, 3.05) is 13.2 Å². The largest absolute Gasteiger partial charge is 0.462 e. The molecule has 0 N–H and O–H groups in total. The van der Waals surface area contributed by atoms with E-state index < -0.39 is 6.10 Å². The minimum atomic E-state index is -0.788. The van der Waals surface area contributed by atoms with E-state index in [-0.39, 0.29) is 31.1 Å². The molecule has 0 rings (SSSR count). The molecule has 1 unspecified atom stereocenters.